The third kappa shape index (κ3) is 3.11. The van der Waals surface area contributed by atoms with E-state index in [0.29, 0.717) is 0 Å². The molecular formula is C12H23N3O2. The number of nitrogens with one attached hydrogen (secondary N) is 1. The van der Waals surface area contributed by atoms with Gasteiger partial charge in [-0.2, -0.15) is 0 Å². The van der Waals surface area contributed by atoms with E-state index in [-0.39, 0.29) is 23.1 Å². The molecule has 5 heteroatoms. The molecule has 98 valence electrons. The molecule has 0 radical (unpaired) electrons. The lowest BCUT2D eigenvalue weighted by Gasteiger charge is -2.28. The van der Waals surface area contributed by atoms with E-state index in [4.69, 9.17) is 10.9 Å². The van der Waals surface area contributed by atoms with E-state index in [9.17, 15) is 4.79 Å². The Bertz CT molecular complexity index is 307. The Kier molecular flexibility index (Phi) is 4.37. The highest BCUT2D eigenvalue weighted by Gasteiger charge is 2.37. The lowest BCUT2D eigenvalue weighted by atomic mass is 9.87. The lowest BCUT2D eigenvalue weighted by Crippen LogP contribution is -2.51. The molecule has 0 aromatic carbocycles. The third-order valence-electron chi connectivity index (χ3n) is 3.64. The van der Waals surface area contributed by atoms with Gasteiger partial charge in [-0.25, -0.2) is 0 Å². The molecule has 0 aromatic rings. The fourth-order valence-electron chi connectivity index (χ4n) is 2.34. The highest BCUT2D eigenvalue weighted by molar-refractivity contribution is 5.92. The highest BCUT2D eigenvalue weighted by Crippen LogP contribution is 2.37. The van der Waals surface area contributed by atoms with E-state index in [2.05, 4.69) is 10.5 Å². The Morgan fingerprint density at radius 2 is 1.94 bits per heavy atom. The molecule has 4 N–H and O–H groups in total. The van der Waals surface area contributed by atoms with Crippen LogP contribution in [-0.2, 0) is 4.79 Å². The summed E-state index contributed by atoms with van der Waals surface area (Å²) in [5.74, 6) is 0.176. The van der Waals surface area contributed by atoms with Crippen LogP contribution >= 0.6 is 0 Å². The van der Waals surface area contributed by atoms with Crippen LogP contribution in [0.25, 0.3) is 0 Å². The molecule has 0 spiro atoms. The number of hydrogen-bond donors (Lipinski definition) is 3. The minimum absolute atomic E-state index is 0.0142. The summed E-state index contributed by atoms with van der Waals surface area (Å²) in [5, 5.41) is 14.6. The van der Waals surface area contributed by atoms with Gasteiger partial charge < -0.3 is 16.3 Å². The first-order valence-corrected chi connectivity index (χ1v) is 6.19. The molecule has 0 saturated heterocycles. The van der Waals surface area contributed by atoms with Crippen LogP contribution in [-0.4, -0.2) is 23.0 Å². The fourth-order valence-corrected chi connectivity index (χ4v) is 2.34. The molecule has 0 aromatic heterocycles. The molecule has 1 fully saturated rings. The molecule has 1 rings (SSSR count). The van der Waals surface area contributed by atoms with Gasteiger partial charge in [0.1, 0.15) is 0 Å². The summed E-state index contributed by atoms with van der Waals surface area (Å²) >= 11 is 0. The van der Waals surface area contributed by atoms with Gasteiger partial charge in [0.25, 0.3) is 0 Å². The first-order chi connectivity index (χ1) is 7.90. The largest absolute Gasteiger partial charge is 0.409 e. The number of nitrogens with zero attached hydrogens (tertiary/aromatic N) is 1. The van der Waals surface area contributed by atoms with Crippen molar-refractivity contribution in [3.05, 3.63) is 0 Å². The van der Waals surface area contributed by atoms with Crippen molar-refractivity contribution in [1.82, 2.24) is 5.32 Å². The average molecular weight is 241 g/mol. The second kappa shape index (κ2) is 5.38. The molecule has 1 saturated carbocycles. The number of amides is 1. The van der Waals surface area contributed by atoms with Gasteiger partial charge in [0.15, 0.2) is 5.84 Å². The molecule has 1 amide bonds. The number of oxime groups is 1. The zero-order chi connectivity index (χ0) is 13.1. The van der Waals surface area contributed by atoms with Crippen molar-refractivity contribution in [3.63, 3.8) is 0 Å². The van der Waals surface area contributed by atoms with Gasteiger partial charge in [-0.1, -0.05) is 38.8 Å². The summed E-state index contributed by atoms with van der Waals surface area (Å²) in [6, 6.07) is -0.398. The maximum Gasteiger partial charge on any atom is 0.226 e. The van der Waals surface area contributed by atoms with E-state index < -0.39 is 6.04 Å². The Labute approximate surface area is 102 Å². The van der Waals surface area contributed by atoms with Crippen LogP contribution in [0, 0.1) is 11.3 Å². The van der Waals surface area contributed by atoms with Crippen molar-refractivity contribution < 1.29 is 10.0 Å². The van der Waals surface area contributed by atoms with E-state index >= 15 is 0 Å². The Hall–Kier alpha value is -1.26. The van der Waals surface area contributed by atoms with Crippen molar-refractivity contribution in [2.45, 2.75) is 52.5 Å². The van der Waals surface area contributed by atoms with Gasteiger partial charge in [-0.15, -0.1) is 0 Å². The molecule has 5 nitrogen and oxygen atoms in total. The van der Waals surface area contributed by atoms with Gasteiger partial charge >= 0.3 is 0 Å². The standard InChI is InChI=1S/C12H23N3O2/c1-8(2)9(10(13)15-17)14-11(16)12(3)6-4-5-7-12/h8-9,17H,4-7H2,1-3H3,(H2,13,15)(H,14,16). The molecule has 1 aliphatic rings. The van der Waals surface area contributed by atoms with Crippen molar-refractivity contribution in [3.8, 4) is 0 Å². The van der Waals surface area contributed by atoms with Crippen LogP contribution in [0.15, 0.2) is 5.16 Å². The maximum absolute atomic E-state index is 12.2. The van der Waals surface area contributed by atoms with Gasteiger partial charge in [0, 0.05) is 5.41 Å². The average Bonchev–Trinajstić information content (AvgIpc) is 2.72. The van der Waals surface area contributed by atoms with E-state index in [1.807, 2.05) is 20.8 Å². The SMILES string of the molecule is CC(C)C(NC(=O)C1(C)CCCC1)C(N)=NO. The smallest absolute Gasteiger partial charge is 0.226 e. The predicted molar refractivity (Wildman–Crippen MR) is 66.8 cm³/mol. The van der Waals surface area contributed by atoms with Gasteiger partial charge in [0.05, 0.1) is 6.04 Å². The zero-order valence-electron chi connectivity index (χ0n) is 10.9. The normalized spacial score (nSPS) is 21.5. The molecule has 0 aliphatic heterocycles. The number of hydrogen-bond acceptors (Lipinski definition) is 3. The first kappa shape index (κ1) is 13.8. The van der Waals surface area contributed by atoms with Crippen LogP contribution in [0.5, 0.6) is 0 Å². The van der Waals surface area contributed by atoms with Gasteiger partial charge in [0.2, 0.25) is 5.91 Å². The number of carbonyl (C=O) groups is 1. The number of nitrogens with two attached hydrogens (primary N) is 1. The van der Waals surface area contributed by atoms with Crippen LogP contribution in [0.4, 0.5) is 0 Å². The molecule has 0 heterocycles. The minimum Gasteiger partial charge on any atom is -0.409 e. The fraction of sp³-hybridized carbons (Fsp3) is 0.833. The van der Waals surface area contributed by atoms with E-state index in [0.717, 1.165) is 25.7 Å². The summed E-state index contributed by atoms with van der Waals surface area (Å²) in [6.07, 6.45) is 4.03. The van der Waals surface area contributed by atoms with Crippen LogP contribution in [0.3, 0.4) is 0 Å². The topological polar surface area (TPSA) is 87.7 Å². The molecule has 1 atom stereocenters. The van der Waals surface area contributed by atoms with Gasteiger partial charge in [-0.05, 0) is 18.8 Å². The first-order valence-electron chi connectivity index (χ1n) is 6.19. The quantitative estimate of drug-likeness (QED) is 0.301. The molecule has 17 heavy (non-hydrogen) atoms. The van der Waals surface area contributed by atoms with Gasteiger partial charge in [-0.3, -0.25) is 4.79 Å². The van der Waals surface area contributed by atoms with E-state index in [1.165, 1.54) is 0 Å². The Morgan fingerprint density at radius 3 is 2.35 bits per heavy atom. The summed E-state index contributed by atoms with van der Waals surface area (Å²) < 4.78 is 0. The van der Waals surface area contributed by atoms with Crippen molar-refractivity contribution in [2.24, 2.45) is 22.2 Å². The highest BCUT2D eigenvalue weighted by atomic mass is 16.4. The monoisotopic (exact) mass is 241 g/mol. The summed E-state index contributed by atoms with van der Waals surface area (Å²) in [5.41, 5.74) is 5.30. The summed E-state index contributed by atoms with van der Waals surface area (Å²) in [7, 11) is 0. The number of rotatable bonds is 4. The van der Waals surface area contributed by atoms with Crippen LogP contribution in [0.1, 0.15) is 46.5 Å². The second-order valence-electron chi connectivity index (χ2n) is 5.49. The predicted octanol–water partition coefficient (Wildman–Crippen LogP) is 1.45. The maximum atomic E-state index is 12.2. The lowest BCUT2D eigenvalue weighted by molar-refractivity contribution is -0.130. The Balaban J connectivity index is 2.71. The van der Waals surface area contributed by atoms with Crippen molar-refractivity contribution in [2.75, 3.05) is 0 Å². The molecule has 0 bridgehead atoms. The molecule has 1 unspecified atom stereocenters. The second-order valence-corrected chi connectivity index (χ2v) is 5.49. The Morgan fingerprint density at radius 1 is 1.41 bits per heavy atom. The minimum atomic E-state index is -0.398. The van der Waals surface area contributed by atoms with Crippen LogP contribution < -0.4 is 11.1 Å². The molecule has 1 aliphatic carbocycles. The van der Waals surface area contributed by atoms with E-state index in [1.54, 1.807) is 0 Å². The van der Waals surface area contributed by atoms with Crippen molar-refractivity contribution in [1.29, 1.82) is 0 Å². The number of amidine groups is 1. The third-order valence-corrected chi connectivity index (χ3v) is 3.64. The zero-order valence-corrected chi connectivity index (χ0v) is 10.9. The van der Waals surface area contributed by atoms with Crippen LogP contribution in [0.2, 0.25) is 0 Å². The molecular weight excluding hydrogens is 218 g/mol. The summed E-state index contributed by atoms with van der Waals surface area (Å²) in [6.45, 7) is 5.85. The number of carbonyl (C=O) groups excluding carboxylic acids is 1. The summed E-state index contributed by atoms with van der Waals surface area (Å²) in [4.78, 5) is 12.2. The van der Waals surface area contributed by atoms with Crippen molar-refractivity contribution >= 4 is 11.7 Å².